The summed E-state index contributed by atoms with van der Waals surface area (Å²) in [5.41, 5.74) is 2.96. The van der Waals surface area contributed by atoms with E-state index in [1.165, 1.54) is 60.9 Å². The van der Waals surface area contributed by atoms with E-state index in [9.17, 15) is 0 Å². The number of aryl methyl sites for hydroxylation is 1. The first-order valence-corrected chi connectivity index (χ1v) is 8.14. The van der Waals surface area contributed by atoms with Crippen molar-refractivity contribution in [1.82, 2.24) is 4.90 Å². The van der Waals surface area contributed by atoms with Crippen LogP contribution >= 0.6 is 15.9 Å². The summed E-state index contributed by atoms with van der Waals surface area (Å²) in [5.74, 6) is 0. The lowest BCUT2D eigenvalue weighted by molar-refractivity contribution is 0.400. The summed E-state index contributed by atoms with van der Waals surface area (Å²) in [6, 6.07) is 6.78. The highest BCUT2D eigenvalue weighted by Gasteiger charge is 2.14. The molecule has 0 N–H and O–H groups in total. The number of hydrogen-bond acceptors (Lipinski definition) is 2. The SMILES string of the molecule is CN(C)CCCc1cc(Br)ccc1N1CCCCC1. The highest BCUT2D eigenvalue weighted by Crippen LogP contribution is 2.28. The molecule has 106 valence electrons. The third kappa shape index (κ3) is 4.50. The summed E-state index contributed by atoms with van der Waals surface area (Å²) in [6.07, 6.45) is 6.47. The lowest BCUT2D eigenvalue weighted by atomic mass is 10.0. The van der Waals surface area contributed by atoms with Gasteiger partial charge in [0, 0.05) is 23.2 Å². The van der Waals surface area contributed by atoms with E-state index in [0.717, 1.165) is 6.54 Å². The Morgan fingerprint density at radius 1 is 1.16 bits per heavy atom. The summed E-state index contributed by atoms with van der Waals surface area (Å²) in [5, 5.41) is 0. The lowest BCUT2D eigenvalue weighted by Crippen LogP contribution is -2.30. The Kier molecular flexibility index (Phi) is 5.71. The molecule has 1 aliphatic heterocycles. The van der Waals surface area contributed by atoms with Crippen LogP contribution in [0.25, 0.3) is 0 Å². The zero-order valence-electron chi connectivity index (χ0n) is 12.2. The normalized spacial score (nSPS) is 16.1. The second kappa shape index (κ2) is 7.30. The molecule has 2 rings (SSSR count). The predicted octanol–water partition coefficient (Wildman–Crippen LogP) is 3.93. The number of hydrogen-bond donors (Lipinski definition) is 0. The highest BCUT2D eigenvalue weighted by atomic mass is 79.9. The van der Waals surface area contributed by atoms with Crippen molar-refractivity contribution in [2.75, 3.05) is 38.6 Å². The fraction of sp³-hybridized carbons (Fsp3) is 0.625. The molecule has 19 heavy (non-hydrogen) atoms. The Morgan fingerprint density at radius 2 is 1.89 bits per heavy atom. The van der Waals surface area contributed by atoms with Crippen molar-refractivity contribution in [2.24, 2.45) is 0 Å². The van der Waals surface area contributed by atoms with Crippen LogP contribution in [0.15, 0.2) is 22.7 Å². The molecular formula is C16H25BrN2. The summed E-state index contributed by atoms with van der Waals surface area (Å²) in [7, 11) is 4.29. The van der Waals surface area contributed by atoms with Crippen LogP contribution in [0, 0.1) is 0 Å². The first-order chi connectivity index (χ1) is 9.16. The number of halogens is 1. The molecule has 0 radical (unpaired) electrons. The maximum absolute atomic E-state index is 3.61. The third-order valence-electron chi connectivity index (χ3n) is 3.79. The zero-order chi connectivity index (χ0) is 13.7. The van der Waals surface area contributed by atoms with Gasteiger partial charge in [0.25, 0.3) is 0 Å². The van der Waals surface area contributed by atoms with Crippen LogP contribution in [-0.4, -0.2) is 38.6 Å². The average molecular weight is 325 g/mol. The van der Waals surface area contributed by atoms with E-state index < -0.39 is 0 Å². The topological polar surface area (TPSA) is 6.48 Å². The summed E-state index contributed by atoms with van der Waals surface area (Å²) < 4.78 is 1.20. The zero-order valence-corrected chi connectivity index (χ0v) is 13.7. The van der Waals surface area contributed by atoms with Crippen LogP contribution in [0.5, 0.6) is 0 Å². The van der Waals surface area contributed by atoms with Crippen molar-refractivity contribution in [3.05, 3.63) is 28.2 Å². The Labute approximate surface area is 125 Å². The Morgan fingerprint density at radius 3 is 2.58 bits per heavy atom. The third-order valence-corrected chi connectivity index (χ3v) is 4.28. The molecule has 1 aromatic rings. The van der Waals surface area contributed by atoms with Crippen LogP contribution in [0.4, 0.5) is 5.69 Å². The number of nitrogens with zero attached hydrogens (tertiary/aromatic N) is 2. The maximum atomic E-state index is 3.61. The summed E-state index contributed by atoms with van der Waals surface area (Å²) in [4.78, 5) is 4.83. The van der Waals surface area contributed by atoms with Gasteiger partial charge in [0.05, 0.1) is 0 Å². The minimum absolute atomic E-state index is 1.16. The lowest BCUT2D eigenvalue weighted by Gasteiger charge is -2.31. The monoisotopic (exact) mass is 324 g/mol. The molecule has 2 nitrogen and oxygen atoms in total. The second-order valence-corrected chi connectivity index (χ2v) is 6.64. The van der Waals surface area contributed by atoms with Crippen LogP contribution in [-0.2, 0) is 6.42 Å². The molecule has 0 aliphatic carbocycles. The van der Waals surface area contributed by atoms with E-state index in [1.807, 2.05) is 0 Å². The molecule has 0 unspecified atom stereocenters. The number of benzene rings is 1. The van der Waals surface area contributed by atoms with Gasteiger partial charge in [-0.1, -0.05) is 15.9 Å². The van der Waals surface area contributed by atoms with Crippen molar-refractivity contribution in [1.29, 1.82) is 0 Å². The molecule has 0 bridgehead atoms. The molecule has 1 heterocycles. The van der Waals surface area contributed by atoms with E-state index in [2.05, 4.69) is 58.0 Å². The minimum Gasteiger partial charge on any atom is -0.371 e. The Hall–Kier alpha value is -0.540. The van der Waals surface area contributed by atoms with Crippen molar-refractivity contribution in [3.8, 4) is 0 Å². The first-order valence-electron chi connectivity index (χ1n) is 7.35. The van der Waals surface area contributed by atoms with Crippen molar-refractivity contribution in [2.45, 2.75) is 32.1 Å². The molecule has 1 aromatic carbocycles. The van der Waals surface area contributed by atoms with E-state index in [1.54, 1.807) is 0 Å². The van der Waals surface area contributed by atoms with Gasteiger partial charge in [-0.05, 0) is 76.5 Å². The smallest absolute Gasteiger partial charge is 0.0399 e. The van der Waals surface area contributed by atoms with E-state index in [0.29, 0.717) is 0 Å². The summed E-state index contributed by atoms with van der Waals surface area (Å²) >= 11 is 3.61. The van der Waals surface area contributed by atoms with Crippen molar-refractivity contribution in [3.63, 3.8) is 0 Å². The largest absolute Gasteiger partial charge is 0.371 e. The van der Waals surface area contributed by atoms with Crippen molar-refractivity contribution >= 4 is 21.6 Å². The maximum Gasteiger partial charge on any atom is 0.0399 e. The average Bonchev–Trinajstić information content (AvgIpc) is 2.39. The van der Waals surface area contributed by atoms with Crippen molar-refractivity contribution < 1.29 is 0 Å². The predicted molar refractivity (Wildman–Crippen MR) is 87.1 cm³/mol. The van der Waals surface area contributed by atoms with Gasteiger partial charge in [0.2, 0.25) is 0 Å². The Balaban J connectivity index is 2.08. The number of anilines is 1. The van der Waals surface area contributed by atoms with Gasteiger partial charge in [-0.3, -0.25) is 0 Å². The molecule has 0 amide bonds. The van der Waals surface area contributed by atoms with Crippen LogP contribution in [0.3, 0.4) is 0 Å². The first kappa shape index (κ1) is 14.9. The fourth-order valence-electron chi connectivity index (χ4n) is 2.78. The van der Waals surface area contributed by atoms with Crippen LogP contribution in [0.2, 0.25) is 0 Å². The van der Waals surface area contributed by atoms with E-state index >= 15 is 0 Å². The molecule has 1 fully saturated rings. The van der Waals surface area contributed by atoms with Gasteiger partial charge in [0.15, 0.2) is 0 Å². The minimum atomic E-state index is 1.16. The van der Waals surface area contributed by atoms with Crippen LogP contribution in [0.1, 0.15) is 31.2 Å². The molecule has 3 heteroatoms. The molecule has 0 aromatic heterocycles. The molecule has 1 aliphatic rings. The summed E-state index contributed by atoms with van der Waals surface area (Å²) in [6.45, 7) is 3.61. The van der Waals surface area contributed by atoms with Gasteiger partial charge in [-0.25, -0.2) is 0 Å². The second-order valence-electron chi connectivity index (χ2n) is 5.73. The van der Waals surface area contributed by atoms with Crippen LogP contribution < -0.4 is 4.90 Å². The van der Waals surface area contributed by atoms with E-state index in [4.69, 9.17) is 0 Å². The van der Waals surface area contributed by atoms with E-state index in [-0.39, 0.29) is 0 Å². The molecule has 0 spiro atoms. The number of piperidine rings is 1. The molecule has 0 atom stereocenters. The Bertz CT molecular complexity index is 398. The van der Waals surface area contributed by atoms with Gasteiger partial charge >= 0.3 is 0 Å². The fourth-order valence-corrected chi connectivity index (χ4v) is 3.19. The quantitative estimate of drug-likeness (QED) is 0.809. The number of rotatable bonds is 5. The van der Waals surface area contributed by atoms with Gasteiger partial charge in [-0.2, -0.15) is 0 Å². The van der Waals surface area contributed by atoms with Gasteiger partial charge < -0.3 is 9.80 Å². The molecule has 0 saturated carbocycles. The molecule has 1 saturated heterocycles. The van der Waals surface area contributed by atoms with Gasteiger partial charge in [0.1, 0.15) is 0 Å². The highest BCUT2D eigenvalue weighted by molar-refractivity contribution is 9.10. The standard InChI is InChI=1S/C16H25BrN2/c1-18(2)10-6-7-14-13-15(17)8-9-16(14)19-11-4-3-5-12-19/h8-9,13H,3-7,10-12H2,1-2H3. The van der Waals surface area contributed by atoms with Gasteiger partial charge in [-0.15, -0.1) is 0 Å². The molecular weight excluding hydrogens is 300 g/mol.